The number of carbonyl (C=O) groups is 1. The normalized spacial score (nSPS) is 12.6. The van der Waals surface area contributed by atoms with E-state index in [1.54, 1.807) is 26.0 Å². The van der Waals surface area contributed by atoms with Gasteiger partial charge in [-0.15, -0.1) is 0 Å². The number of alkyl halides is 3. The summed E-state index contributed by atoms with van der Waals surface area (Å²) in [5.41, 5.74) is -0.0932. The molecule has 0 spiro atoms. The summed E-state index contributed by atoms with van der Waals surface area (Å²) in [6, 6.07) is 7.60. The molecule has 0 fully saturated rings. The van der Waals surface area contributed by atoms with Gasteiger partial charge in [0.1, 0.15) is 12.6 Å². The minimum absolute atomic E-state index is 0.0308. The molecule has 1 amide bonds. The van der Waals surface area contributed by atoms with Crippen molar-refractivity contribution in [3.63, 3.8) is 0 Å². The van der Waals surface area contributed by atoms with E-state index in [0.29, 0.717) is 0 Å². The van der Waals surface area contributed by atoms with Crippen molar-refractivity contribution in [1.29, 1.82) is 5.26 Å². The quantitative estimate of drug-likeness (QED) is 0.594. The van der Waals surface area contributed by atoms with E-state index in [-0.39, 0.29) is 29.5 Å². The van der Waals surface area contributed by atoms with Crippen LogP contribution in [0.15, 0.2) is 30.3 Å². The van der Waals surface area contributed by atoms with Gasteiger partial charge in [-0.3, -0.25) is 9.69 Å². The fraction of sp³-hybridized carbons (Fsp3) is 0.500. The average molecular weight is 327 g/mol. The van der Waals surface area contributed by atoms with Crippen LogP contribution in [0.25, 0.3) is 0 Å². The highest BCUT2D eigenvalue weighted by Crippen LogP contribution is 2.33. The van der Waals surface area contributed by atoms with Gasteiger partial charge in [0.05, 0.1) is 6.07 Å². The largest absolute Gasteiger partial charge is 0.485 e. The van der Waals surface area contributed by atoms with Gasteiger partial charge in [0, 0.05) is 12.7 Å². The molecule has 0 aromatic heterocycles. The Morgan fingerprint density at radius 3 is 2.26 bits per heavy atom. The minimum atomic E-state index is -4.70. The average Bonchev–Trinajstić information content (AvgIpc) is 2.45. The Morgan fingerprint density at radius 2 is 1.83 bits per heavy atom. The molecule has 0 radical (unpaired) electrons. The van der Waals surface area contributed by atoms with Gasteiger partial charge in [-0.2, -0.15) is 18.4 Å². The molecule has 7 heteroatoms. The molecule has 4 nitrogen and oxygen atoms in total. The summed E-state index contributed by atoms with van der Waals surface area (Å²) >= 11 is 0. The van der Waals surface area contributed by atoms with Crippen molar-refractivity contribution in [2.75, 3.05) is 18.5 Å². The number of anilines is 1. The van der Waals surface area contributed by atoms with E-state index in [2.05, 4.69) is 0 Å². The minimum Gasteiger partial charge on any atom is -0.331 e. The SMILES string of the molecule is CC(C)C[C@@H](C(=O)N(C)CC#N)N(c1ccccc1)C(F)(F)F. The first-order chi connectivity index (χ1) is 10.7. The number of para-hydroxylation sites is 1. The topological polar surface area (TPSA) is 47.3 Å². The molecule has 1 aromatic rings. The lowest BCUT2D eigenvalue weighted by atomic mass is 10.0. The van der Waals surface area contributed by atoms with E-state index in [9.17, 15) is 18.0 Å². The Labute approximate surface area is 134 Å². The fourth-order valence-corrected chi connectivity index (χ4v) is 2.29. The summed E-state index contributed by atoms with van der Waals surface area (Å²) in [7, 11) is 1.33. The predicted octanol–water partition coefficient (Wildman–Crippen LogP) is 3.41. The third-order valence-corrected chi connectivity index (χ3v) is 3.28. The number of halogens is 3. The molecule has 0 aliphatic rings. The molecule has 0 saturated carbocycles. The molecule has 0 aliphatic heterocycles. The van der Waals surface area contributed by atoms with Gasteiger partial charge in [0.15, 0.2) is 0 Å². The number of rotatable bonds is 6. The van der Waals surface area contributed by atoms with Crippen LogP contribution in [0.4, 0.5) is 18.9 Å². The number of hydrogen-bond acceptors (Lipinski definition) is 3. The van der Waals surface area contributed by atoms with Crippen LogP contribution in [0.3, 0.4) is 0 Å². The number of nitriles is 1. The van der Waals surface area contributed by atoms with Crippen molar-refractivity contribution in [2.24, 2.45) is 5.92 Å². The van der Waals surface area contributed by atoms with Crippen LogP contribution in [0.5, 0.6) is 0 Å². The number of carbonyl (C=O) groups excluding carboxylic acids is 1. The predicted molar refractivity (Wildman–Crippen MR) is 81.5 cm³/mol. The zero-order valence-corrected chi connectivity index (χ0v) is 13.3. The Kier molecular flexibility index (Phi) is 6.43. The molecular weight excluding hydrogens is 307 g/mol. The molecule has 0 N–H and O–H groups in total. The number of benzene rings is 1. The van der Waals surface area contributed by atoms with Crippen LogP contribution in [-0.4, -0.2) is 36.7 Å². The Balaban J connectivity index is 3.29. The molecule has 0 aliphatic carbocycles. The van der Waals surface area contributed by atoms with E-state index in [1.165, 1.54) is 31.3 Å². The van der Waals surface area contributed by atoms with Crippen LogP contribution in [0.2, 0.25) is 0 Å². The lowest BCUT2D eigenvalue weighted by molar-refractivity contribution is -0.150. The first-order valence-corrected chi connectivity index (χ1v) is 7.21. The summed E-state index contributed by atoms with van der Waals surface area (Å²) in [6.07, 6.45) is -4.67. The second-order valence-corrected chi connectivity index (χ2v) is 5.67. The maximum absolute atomic E-state index is 13.6. The van der Waals surface area contributed by atoms with Crippen molar-refractivity contribution in [2.45, 2.75) is 32.6 Å². The smallest absolute Gasteiger partial charge is 0.331 e. The third kappa shape index (κ3) is 5.16. The summed E-state index contributed by atoms with van der Waals surface area (Å²) in [5, 5.41) is 8.69. The number of amides is 1. The van der Waals surface area contributed by atoms with Gasteiger partial charge >= 0.3 is 6.30 Å². The van der Waals surface area contributed by atoms with E-state index in [4.69, 9.17) is 5.26 Å². The standard InChI is InChI=1S/C16H20F3N3O/c1-12(2)11-14(15(23)21(3)10-9-20)22(16(17,18)19)13-7-5-4-6-8-13/h4-8,12,14H,10-11H2,1-3H3/t14-/m0/s1. The zero-order valence-electron chi connectivity index (χ0n) is 13.3. The highest BCUT2D eigenvalue weighted by Gasteiger charge is 2.45. The first kappa shape index (κ1) is 18.8. The monoisotopic (exact) mass is 327 g/mol. The highest BCUT2D eigenvalue weighted by molar-refractivity contribution is 5.85. The maximum Gasteiger partial charge on any atom is 0.485 e. The van der Waals surface area contributed by atoms with Crippen LogP contribution < -0.4 is 4.90 Å². The summed E-state index contributed by atoms with van der Waals surface area (Å²) in [4.78, 5) is 13.7. The maximum atomic E-state index is 13.6. The Bertz CT molecular complexity index is 552. The Hall–Kier alpha value is -2.23. The van der Waals surface area contributed by atoms with E-state index in [0.717, 1.165) is 4.90 Å². The number of likely N-dealkylation sites (N-methyl/N-ethyl adjacent to an activating group) is 1. The van der Waals surface area contributed by atoms with Crippen molar-refractivity contribution in [3.05, 3.63) is 30.3 Å². The molecule has 0 bridgehead atoms. The summed E-state index contributed by atoms with van der Waals surface area (Å²) < 4.78 is 40.8. The van der Waals surface area contributed by atoms with Crippen molar-refractivity contribution < 1.29 is 18.0 Å². The van der Waals surface area contributed by atoms with Crippen LogP contribution in [0, 0.1) is 17.2 Å². The molecule has 1 rings (SSSR count). The second kappa shape index (κ2) is 7.86. The van der Waals surface area contributed by atoms with Crippen molar-refractivity contribution in [1.82, 2.24) is 4.90 Å². The van der Waals surface area contributed by atoms with Gasteiger partial charge in [-0.05, 0) is 24.5 Å². The molecule has 1 atom stereocenters. The van der Waals surface area contributed by atoms with Gasteiger partial charge in [0.2, 0.25) is 5.91 Å². The number of nitrogens with zero attached hydrogens (tertiary/aromatic N) is 3. The molecule has 1 aromatic carbocycles. The van der Waals surface area contributed by atoms with Gasteiger partial charge < -0.3 is 4.90 Å². The fourth-order valence-electron chi connectivity index (χ4n) is 2.29. The van der Waals surface area contributed by atoms with Gasteiger partial charge in [0.25, 0.3) is 0 Å². The highest BCUT2D eigenvalue weighted by atomic mass is 19.4. The van der Waals surface area contributed by atoms with Gasteiger partial charge in [-0.25, -0.2) is 0 Å². The molecule has 0 heterocycles. The van der Waals surface area contributed by atoms with Crippen LogP contribution >= 0.6 is 0 Å². The molecule has 0 saturated heterocycles. The number of hydrogen-bond donors (Lipinski definition) is 0. The van der Waals surface area contributed by atoms with Crippen molar-refractivity contribution >= 4 is 11.6 Å². The Morgan fingerprint density at radius 1 is 1.26 bits per heavy atom. The molecule has 23 heavy (non-hydrogen) atoms. The zero-order chi connectivity index (χ0) is 17.6. The van der Waals surface area contributed by atoms with Crippen LogP contribution in [-0.2, 0) is 4.79 Å². The lowest BCUT2D eigenvalue weighted by Gasteiger charge is -2.36. The second-order valence-electron chi connectivity index (χ2n) is 5.67. The first-order valence-electron chi connectivity index (χ1n) is 7.21. The summed E-state index contributed by atoms with van der Waals surface area (Å²) in [5.74, 6) is -0.838. The lowest BCUT2D eigenvalue weighted by Crippen LogP contribution is -2.54. The molecule has 0 unspecified atom stereocenters. The summed E-state index contributed by atoms with van der Waals surface area (Å²) in [6.45, 7) is 3.25. The van der Waals surface area contributed by atoms with E-state index >= 15 is 0 Å². The van der Waals surface area contributed by atoms with Gasteiger partial charge in [-0.1, -0.05) is 32.0 Å². The van der Waals surface area contributed by atoms with Crippen molar-refractivity contribution in [3.8, 4) is 6.07 Å². The molecular formula is C16H20F3N3O. The van der Waals surface area contributed by atoms with Crippen LogP contribution in [0.1, 0.15) is 20.3 Å². The van der Waals surface area contributed by atoms with E-state index < -0.39 is 18.2 Å². The van der Waals surface area contributed by atoms with E-state index in [1.807, 2.05) is 0 Å². The molecule has 126 valence electrons. The third-order valence-electron chi connectivity index (χ3n) is 3.28.